The predicted molar refractivity (Wildman–Crippen MR) is 353 cm³/mol. The number of rotatable bonds is 63. The highest BCUT2D eigenvalue weighted by molar-refractivity contribution is 7.45. The van der Waals surface area contributed by atoms with E-state index in [1.807, 2.05) is 33.3 Å². The van der Waals surface area contributed by atoms with Gasteiger partial charge in [0.15, 0.2) is 0 Å². The van der Waals surface area contributed by atoms with Crippen LogP contribution in [0, 0.1) is 0 Å². The third kappa shape index (κ3) is 62.0. The summed E-state index contributed by atoms with van der Waals surface area (Å²) in [4.78, 5) is 40.1. The second-order valence-corrected chi connectivity index (χ2v) is 26.1. The average Bonchev–Trinajstić information content (AvgIpc) is 3.45. The van der Waals surface area contributed by atoms with Gasteiger partial charge < -0.3 is 28.5 Å². The third-order valence-corrected chi connectivity index (χ3v) is 16.3. The third-order valence-electron chi connectivity index (χ3n) is 15.4. The van der Waals surface area contributed by atoms with Crippen LogP contribution >= 0.6 is 7.82 Å². The van der Waals surface area contributed by atoms with E-state index in [4.69, 9.17) is 13.8 Å². The summed E-state index contributed by atoms with van der Waals surface area (Å²) in [5, 5.41) is 3.03. The van der Waals surface area contributed by atoms with E-state index in [9.17, 15) is 19.0 Å². The van der Waals surface area contributed by atoms with Gasteiger partial charge in [-0.3, -0.25) is 14.2 Å². The number of esters is 1. The Balaban J connectivity index is 5.05. The summed E-state index contributed by atoms with van der Waals surface area (Å²) in [7, 11) is 1.18. The van der Waals surface area contributed by atoms with Crippen molar-refractivity contribution in [1.29, 1.82) is 0 Å². The molecule has 0 aliphatic carbocycles. The van der Waals surface area contributed by atoms with E-state index < -0.39 is 26.6 Å². The van der Waals surface area contributed by atoms with E-state index in [2.05, 4.69) is 86.8 Å². The van der Waals surface area contributed by atoms with Gasteiger partial charge in [-0.05, 0) is 96.0 Å². The van der Waals surface area contributed by atoms with E-state index in [0.717, 1.165) is 109 Å². The Morgan fingerprint density at radius 1 is 0.439 bits per heavy atom. The number of phosphoric acid groups is 1. The SMILES string of the molecule is CC/C=C/C/C=C/C/C=C/CCCCCCCCC(=O)NC(COP(=O)([O-])OCC[N+](C)(C)C)C(/C=C\CCCCCCCCCCCCC)OC(=O)CCCCCCCCCCCCCCCCCCC/C=C\C/C=C\CCCCC. The molecule has 0 saturated carbocycles. The Hall–Kier alpha value is -2.55. The number of quaternary nitrogens is 1. The normalized spacial score (nSPS) is 14.0. The van der Waals surface area contributed by atoms with E-state index in [1.54, 1.807) is 0 Å². The van der Waals surface area contributed by atoms with Crippen molar-refractivity contribution in [3.63, 3.8) is 0 Å². The van der Waals surface area contributed by atoms with Crippen LogP contribution in [0.2, 0.25) is 0 Å². The largest absolute Gasteiger partial charge is 0.756 e. The molecule has 0 fully saturated rings. The summed E-state index contributed by atoms with van der Waals surface area (Å²) in [6.45, 7) is 6.73. The van der Waals surface area contributed by atoms with Crippen molar-refractivity contribution >= 4 is 19.7 Å². The number of likely N-dealkylation sites (N-methyl/N-ethyl adjacent to an activating group) is 1. The zero-order valence-corrected chi connectivity index (χ0v) is 55.6. The average molecular weight is 1170 g/mol. The summed E-state index contributed by atoms with van der Waals surface area (Å²) in [6, 6.07) is -0.897. The summed E-state index contributed by atoms with van der Waals surface area (Å²) < 4.78 is 30.4. The number of unbranched alkanes of at least 4 members (excludes halogenated alkanes) is 37. The summed E-state index contributed by atoms with van der Waals surface area (Å²) in [5.74, 6) is -0.546. The number of hydrogen-bond acceptors (Lipinski definition) is 7. The van der Waals surface area contributed by atoms with Gasteiger partial charge >= 0.3 is 5.97 Å². The lowest BCUT2D eigenvalue weighted by Gasteiger charge is -2.30. The minimum atomic E-state index is -4.71. The van der Waals surface area contributed by atoms with Gasteiger partial charge in [0.2, 0.25) is 5.91 Å². The van der Waals surface area contributed by atoms with Crippen LogP contribution in [-0.4, -0.2) is 69.4 Å². The molecule has 0 radical (unpaired) electrons. The van der Waals surface area contributed by atoms with Gasteiger partial charge in [-0.1, -0.05) is 287 Å². The highest BCUT2D eigenvalue weighted by Crippen LogP contribution is 2.38. The first-order valence-corrected chi connectivity index (χ1v) is 36.2. The molecular weight excluding hydrogens is 1040 g/mol. The van der Waals surface area contributed by atoms with Gasteiger partial charge in [-0.25, -0.2) is 0 Å². The number of hydrogen-bond donors (Lipinski definition) is 1. The highest BCUT2D eigenvalue weighted by Gasteiger charge is 2.27. The lowest BCUT2D eigenvalue weighted by Crippen LogP contribution is -2.47. The molecule has 0 bridgehead atoms. The van der Waals surface area contributed by atoms with Crippen LogP contribution in [0.5, 0.6) is 0 Å². The summed E-state index contributed by atoms with van der Waals surface area (Å²) in [5.41, 5.74) is 0. The number of allylic oxidation sites excluding steroid dienone is 11. The summed E-state index contributed by atoms with van der Waals surface area (Å²) >= 11 is 0. The molecule has 0 rings (SSSR count). The predicted octanol–water partition coefficient (Wildman–Crippen LogP) is 21.3. The van der Waals surface area contributed by atoms with Crippen molar-refractivity contribution in [3.8, 4) is 0 Å². The van der Waals surface area contributed by atoms with Gasteiger partial charge in [0.25, 0.3) is 7.82 Å². The summed E-state index contributed by atoms with van der Waals surface area (Å²) in [6.07, 6.45) is 80.3. The van der Waals surface area contributed by atoms with Crippen LogP contribution < -0.4 is 10.2 Å². The number of ether oxygens (including phenoxy) is 1. The van der Waals surface area contributed by atoms with Crippen LogP contribution in [0.25, 0.3) is 0 Å². The van der Waals surface area contributed by atoms with Crippen molar-refractivity contribution in [2.75, 3.05) is 40.9 Å². The van der Waals surface area contributed by atoms with E-state index in [0.29, 0.717) is 17.4 Å². The molecular formula is C72H133N2O7P. The van der Waals surface area contributed by atoms with Crippen molar-refractivity contribution in [3.05, 3.63) is 72.9 Å². The number of phosphoric ester groups is 1. The molecule has 0 spiro atoms. The number of nitrogens with one attached hydrogen (secondary N) is 1. The molecule has 0 aromatic rings. The van der Waals surface area contributed by atoms with Crippen LogP contribution in [-0.2, 0) is 27.9 Å². The quantitative estimate of drug-likeness (QED) is 0.0212. The van der Waals surface area contributed by atoms with Gasteiger partial charge in [-0.15, -0.1) is 0 Å². The first-order chi connectivity index (χ1) is 39.9. The van der Waals surface area contributed by atoms with Crippen LogP contribution in [0.3, 0.4) is 0 Å². The monoisotopic (exact) mass is 1170 g/mol. The maximum atomic E-state index is 13.6. The highest BCUT2D eigenvalue weighted by atomic mass is 31.2. The molecule has 0 saturated heterocycles. The van der Waals surface area contributed by atoms with E-state index >= 15 is 0 Å². The second kappa shape index (κ2) is 61.5. The fourth-order valence-corrected chi connectivity index (χ4v) is 10.8. The Kier molecular flexibility index (Phi) is 59.6. The molecule has 10 heteroatoms. The Morgan fingerprint density at radius 3 is 1.20 bits per heavy atom. The molecule has 0 aliphatic heterocycles. The van der Waals surface area contributed by atoms with Crippen LogP contribution in [0.1, 0.15) is 323 Å². The zero-order chi connectivity index (χ0) is 60.0. The number of nitrogens with zero attached hydrogens (tertiary/aromatic N) is 1. The maximum Gasteiger partial charge on any atom is 0.306 e. The topological polar surface area (TPSA) is 114 Å². The Labute approximate surface area is 508 Å². The molecule has 0 heterocycles. The molecule has 82 heavy (non-hydrogen) atoms. The number of carbonyl (C=O) groups excluding carboxylic acids is 2. The van der Waals surface area contributed by atoms with Gasteiger partial charge in [-0.2, -0.15) is 0 Å². The fourth-order valence-electron chi connectivity index (χ4n) is 10.0. The van der Waals surface area contributed by atoms with Crippen LogP contribution in [0.15, 0.2) is 72.9 Å². The van der Waals surface area contributed by atoms with E-state index in [1.165, 1.54) is 180 Å². The molecule has 1 amide bonds. The minimum absolute atomic E-state index is 0.0260. The first kappa shape index (κ1) is 79.5. The molecule has 3 atom stereocenters. The molecule has 3 unspecified atom stereocenters. The number of amides is 1. The Morgan fingerprint density at radius 2 is 0.780 bits per heavy atom. The first-order valence-electron chi connectivity index (χ1n) is 34.7. The molecule has 9 nitrogen and oxygen atoms in total. The zero-order valence-electron chi connectivity index (χ0n) is 54.7. The van der Waals surface area contributed by atoms with Crippen molar-refractivity contribution in [2.24, 2.45) is 0 Å². The fraction of sp³-hybridized carbons (Fsp3) is 0.806. The smallest absolute Gasteiger partial charge is 0.306 e. The number of carbonyl (C=O) groups is 2. The van der Waals surface area contributed by atoms with Gasteiger partial charge in [0.05, 0.1) is 33.8 Å². The van der Waals surface area contributed by atoms with Gasteiger partial charge in [0, 0.05) is 12.8 Å². The van der Waals surface area contributed by atoms with Crippen LogP contribution in [0.4, 0.5) is 0 Å². The molecule has 0 aliphatic rings. The molecule has 478 valence electrons. The molecule has 0 aromatic heterocycles. The van der Waals surface area contributed by atoms with Crippen molar-refractivity contribution in [1.82, 2.24) is 5.32 Å². The molecule has 0 aromatic carbocycles. The van der Waals surface area contributed by atoms with E-state index in [-0.39, 0.29) is 24.9 Å². The second-order valence-electron chi connectivity index (χ2n) is 24.6. The molecule has 1 N–H and O–H groups in total. The minimum Gasteiger partial charge on any atom is -0.756 e. The standard InChI is InChI=1S/C72H133N2O7P/c1-7-10-13-16-19-22-25-28-30-32-33-34-35-36-37-38-39-40-41-42-44-47-50-53-56-59-62-65-72(76)81-70(63-60-57-54-51-48-45-27-24-21-18-15-12-9-3)69(68-80-82(77,78)79-67-66-74(4,5)6)73-71(75)64-61-58-55-52-49-46-43-31-29-26-23-20-17-14-11-8-2/h11,14,19-20,22-23,28-31,60,63,69-70H,7-10,12-13,15-18,21,24-27,32-59,61-62,64-68H2,1-6H3,(H-,73,75,77,78)/b14-11+,22-19-,23-20+,30-28-,31-29+,63-60-. The lowest BCUT2D eigenvalue weighted by molar-refractivity contribution is -0.870. The van der Waals surface area contributed by atoms with Crippen molar-refractivity contribution < 1.29 is 37.3 Å². The Bertz CT molecular complexity index is 1630. The lowest BCUT2D eigenvalue weighted by atomic mass is 10.0. The maximum absolute atomic E-state index is 13.6. The van der Waals surface area contributed by atoms with Crippen molar-refractivity contribution in [2.45, 2.75) is 335 Å². The van der Waals surface area contributed by atoms with Gasteiger partial charge in [0.1, 0.15) is 19.3 Å².